The smallest absolute Gasteiger partial charge is 0.304 e. The Labute approximate surface area is 168 Å². The highest BCUT2D eigenvalue weighted by atomic mass is 16.4. The minimum atomic E-state index is -0.968. The molecule has 6 nitrogen and oxygen atoms in total. The molecule has 1 aliphatic heterocycles. The third kappa shape index (κ3) is 7.64. The Morgan fingerprint density at radius 1 is 1.07 bits per heavy atom. The summed E-state index contributed by atoms with van der Waals surface area (Å²) in [6.45, 7) is 0.665. The lowest BCUT2D eigenvalue weighted by Gasteiger charge is -2.30. The molecule has 2 amide bonds. The second-order valence-corrected chi connectivity index (χ2v) is 8.40. The van der Waals surface area contributed by atoms with Crippen LogP contribution < -0.4 is 5.32 Å². The van der Waals surface area contributed by atoms with Gasteiger partial charge in [0, 0.05) is 19.5 Å². The molecule has 2 aliphatic rings. The van der Waals surface area contributed by atoms with Crippen molar-refractivity contribution in [3.8, 4) is 0 Å². The number of aliphatic carboxylic acids is 1. The molecule has 0 bridgehead atoms. The van der Waals surface area contributed by atoms with E-state index in [1.807, 2.05) is 0 Å². The quantitative estimate of drug-likeness (QED) is 0.717. The van der Waals surface area contributed by atoms with Crippen LogP contribution in [0.2, 0.25) is 0 Å². The molecule has 158 valence electrons. The number of carbonyl (C=O) groups excluding carboxylic acids is 2. The molecule has 1 saturated carbocycles. The number of nitrogens with zero attached hydrogens (tertiary/aromatic N) is 1. The van der Waals surface area contributed by atoms with Crippen LogP contribution in [-0.4, -0.2) is 47.4 Å². The van der Waals surface area contributed by atoms with Crippen molar-refractivity contribution in [2.75, 3.05) is 13.6 Å². The summed E-state index contributed by atoms with van der Waals surface area (Å²) < 4.78 is 0. The van der Waals surface area contributed by atoms with Crippen LogP contribution in [0.3, 0.4) is 0 Å². The molecule has 2 atom stereocenters. The van der Waals surface area contributed by atoms with Crippen molar-refractivity contribution in [1.29, 1.82) is 0 Å². The summed E-state index contributed by atoms with van der Waals surface area (Å²) in [5, 5.41) is 12.1. The molecule has 0 saturated heterocycles. The van der Waals surface area contributed by atoms with Crippen molar-refractivity contribution in [3.05, 3.63) is 12.2 Å². The van der Waals surface area contributed by atoms with E-state index < -0.39 is 17.9 Å². The van der Waals surface area contributed by atoms with E-state index in [-0.39, 0.29) is 18.2 Å². The van der Waals surface area contributed by atoms with Crippen LogP contribution in [-0.2, 0) is 14.4 Å². The van der Waals surface area contributed by atoms with Crippen LogP contribution in [0.1, 0.15) is 77.0 Å². The van der Waals surface area contributed by atoms with E-state index in [2.05, 4.69) is 17.5 Å². The number of carboxylic acid groups (broad SMARTS) is 1. The van der Waals surface area contributed by atoms with Gasteiger partial charge in [-0.3, -0.25) is 14.4 Å². The highest BCUT2D eigenvalue weighted by molar-refractivity contribution is 5.89. The van der Waals surface area contributed by atoms with Crippen LogP contribution in [0.4, 0.5) is 0 Å². The fourth-order valence-corrected chi connectivity index (χ4v) is 4.34. The predicted octanol–water partition coefficient (Wildman–Crippen LogP) is 3.51. The predicted molar refractivity (Wildman–Crippen MR) is 109 cm³/mol. The molecule has 0 aromatic carbocycles. The Bertz CT molecular complexity index is 555. The molecule has 0 aromatic rings. The number of hydrogen-bond donors (Lipinski definition) is 2. The Kier molecular flexibility index (Phi) is 9.51. The Morgan fingerprint density at radius 2 is 1.75 bits per heavy atom. The van der Waals surface area contributed by atoms with Crippen molar-refractivity contribution in [2.24, 2.45) is 11.8 Å². The highest BCUT2D eigenvalue weighted by Gasteiger charge is 2.31. The summed E-state index contributed by atoms with van der Waals surface area (Å²) >= 11 is 0. The van der Waals surface area contributed by atoms with Gasteiger partial charge in [-0.15, -0.1) is 0 Å². The number of carbonyl (C=O) groups is 3. The number of hydrogen-bond acceptors (Lipinski definition) is 3. The van der Waals surface area contributed by atoms with Crippen LogP contribution >= 0.6 is 0 Å². The molecule has 2 rings (SSSR count). The third-order valence-electron chi connectivity index (χ3n) is 6.03. The molecular formula is C22H36N2O4. The van der Waals surface area contributed by atoms with Crippen molar-refractivity contribution in [1.82, 2.24) is 10.2 Å². The molecule has 0 aromatic heterocycles. The number of likely N-dealkylation sites (N-methyl/N-ethyl adjacent to an activating group) is 1. The fourth-order valence-electron chi connectivity index (χ4n) is 4.34. The normalized spacial score (nSPS) is 26.5. The van der Waals surface area contributed by atoms with E-state index in [4.69, 9.17) is 0 Å². The first kappa shape index (κ1) is 22.4. The van der Waals surface area contributed by atoms with Gasteiger partial charge in [0.1, 0.15) is 6.04 Å². The minimum absolute atomic E-state index is 0.0472. The summed E-state index contributed by atoms with van der Waals surface area (Å²) in [4.78, 5) is 38.9. The number of rotatable bonds is 4. The van der Waals surface area contributed by atoms with Gasteiger partial charge in [-0.05, 0) is 44.4 Å². The zero-order valence-corrected chi connectivity index (χ0v) is 17.2. The average Bonchev–Trinajstić information content (AvgIpc) is 2.67. The second kappa shape index (κ2) is 11.9. The number of amides is 2. The van der Waals surface area contributed by atoms with Gasteiger partial charge in [-0.25, -0.2) is 0 Å². The second-order valence-electron chi connectivity index (χ2n) is 8.40. The summed E-state index contributed by atoms with van der Waals surface area (Å²) in [5.74, 6) is -1.43. The van der Waals surface area contributed by atoms with E-state index in [0.29, 0.717) is 25.3 Å². The topological polar surface area (TPSA) is 86.7 Å². The van der Waals surface area contributed by atoms with Gasteiger partial charge in [0.25, 0.3) is 0 Å². The van der Waals surface area contributed by atoms with Gasteiger partial charge in [0.15, 0.2) is 0 Å². The van der Waals surface area contributed by atoms with Crippen molar-refractivity contribution in [3.63, 3.8) is 0 Å². The standard InChI is InChI=1S/C22H36N2O4/c1-24-14-10-5-3-2-4-9-13-18(16-20(25)26)21(27)23-19(22(24)28)15-17-11-7-6-8-12-17/h2-3,17-19H,4-16H2,1H3,(H,23,27)(H,25,26). The van der Waals surface area contributed by atoms with E-state index in [1.165, 1.54) is 19.3 Å². The van der Waals surface area contributed by atoms with E-state index in [1.54, 1.807) is 11.9 Å². The lowest BCUT2D eigenvalue weighted by atomic mass is 9.84. The molecule has 1 heterocycles. The first-order valence-corrected chi connectivity index (χ1v) is 10.9. The Hall–Kier alpha value is -1.85. The van der Waals surface area contributed by atoms with E-state index >= 15 is 0 Å². The maximum absolute atomic E-state index is 13.0. The monoisotopic (exact) mass is 392 g/mol. The number of carboxylic acids is 1. The highest BCUT2D eigenvalue weighted by Crippen LogP contribution is 2.28. The molecule has 0 spiro atoms. The zero-order valence-electron chi connectivity index (χ0n) is 17.2. The molecule has 2 unspecified atom stereocenters. The molecular weight excluding hydrogens is 356 g/mol. The maximum atomic E-state index is 13.0. The van der Waals surface area contributed by atoms with Crippen LogP contribution in [0, 0.1) is 11.8 Å². The molecule has 2 N–H and O–H groups in total. The van der Waals surface area contributed by atoms with Gasteiger partial charge in [0.2, 0.25) is 11.8 Å². The molecule has 6 heteroatoms. The first-order valence-electron chi connectivity index (χ1n) is 10.9. The van der Waals surface area contributed by atoms with Gasteiger partial charge in [0.05, 0.1) is 6.42 Å². The minimum Gasteiger partial charge on any atom is -0.481 e. The first-order chi connectivity index (χ1) is 13.5. The lowest BCUT2D eigenvalue weighted by molar-refractivity contribution is -0.142. The zero-order chi connectivity index (χ0) is 20.4. The van der Waals surface area contributed by atoms with Gasteiger partial charge in [-0.1, -0.05) is 44.3 Å². The van der Waals surface area contributed by atoms with Crippen molar-refractivity contribution < 1.29 is 19.5 Å². The van der Waals surface area contributed by atoms with Gasteiger partial charge in [-0.2, -0.15) is 0 Å². The van der Waals surface area contributed by atoms with E-state index in [0.717, 1.165) is 38.5 Å². The lowest BCUT2D eigenvalue weighted by Crippen LogP contribution is -2.50. The van der Waals surface area contributed by atoms with Crippen molar-refractivity contribution in [2.45, 2.75) is 83.1 Å². The Balaban J connectivity index is 2.14. The van der Waals surface area contributed by atoms with Crippen LogP contribution in [0.25, 0.3) is 0 Å². The van der Waals surface area contributed by atoms with Gasteiger partial charge >= 0.3 is 5.97 Å². The summed E-state index contributed by atoms with van der Waals surface area (Å²) in [5.41, 5.74) is 0. The summed E-state index contributed by atoms with van der Waals surface area (Å²) in [6, 6.07) is -0.546. The number of nitrogens with one attached hydrogen (secondary N) is 1. The van der Waals surface area contributed by atoms with Crippen molar-refractivity contribution >= 4 is 17.8 Å². The van der Waals surface area contributed by atoms with Gasteiger partial charge < -0.3 is 15.3 Å². The fraction of sp³-hybridized carbons (Fsp3) is 0.773. The average molecular weight is 393 g/mol. The molecule has 28 heavy (non-hydrogen) atoms. The molecule has 1 fully saturated rings. The summed E-state index contributed by atoms with van der Waals surface area (Å²) in [6.07, 6.45) is 14.5. The number of allylic oxidation sites excluding steroid dienone is 2. The summed E-state index contributed by atoms with van der Waals surface area (Å²) in [7, 11) is 1.80. The largest absolute Gasteiger partial charge is 0.481 e. The maximum Gasteiger partial charge on any atom is 0.304 e. The van der Waals surface area contributed by atoms with E-state index in [9.17, 15) is 19.5 Å². The Morgan fingerprint density at radius 3 is 2.43 bits per heavy atom. The third-order valence-corrected chi connectivity index (χ3v) is 6.03. The SMILES string of the molecule is CN1CCCC=CCCCC(CC(=O)O)C(=O)NC(CC2CCCCC2)C1=O. The van der Waals surface area contributed by atoms with Crippen LogP contribution in [0.5, 0.6) is 0 Å². The molecule has 1 aliphatic carbocycles. The molecule has 0 radical (unpaired) electrons. The van der Waals surface area contributed by atoms with Crippen LogP contribution in [0.15, 0.2) is 12.2 Å².